The lowest BCUT2D eigenvalue weighted by Crippen LogP contribution is -2.52. The Hall–Kier alpha value is -0.840. The molecule has 1 aliphatic carbocycles. The number of primary amides is 1. The highest BCUT2D eigenvalue weighted by atomic mass is 19.1. The largest absolute Gasteiger partial charge is 0.351 e. The van der Waals surface area contributed by atoms with Gasteiger partial charge < -0.3 is 16.0 Å². The zero-order chi connectivity index (χ0) is 15.2. The van der Waals surface area contributed by atoms with E-state index in [4.69, 9.17) is 5.73 Å². The van der Waals surface area contributed by atoms with E-state index < -0.39 is 6.17 Å². The van der Waals surface area contributed by atoms with Gasteiger partial charge in [0.2, 0.25) is 0 Å². The molecule has 122 valence electrons. The molecule has 0 spiro atoms. The molecule has 2 fully saturated rings. The Bertz CT molecular complexity index is 331. The van der Waals surface area contributed by atoms with Crippen LogP contribution < -0.4 is 11.1 Å². The molecular formula is C16H30FN3O. The fourth-order valence-electron chi connectivity index (χ4n) is 4.15. The summed E-state index contributed by atoms with van der Waals surface area (Å²) in [6, 6.07) is -0.0277. The first-order valence-corrected chi connectivity index (χ1v) is 8.46. The summed E-state index contributed by atoms with van der Waals surface area (Å²) >= 11 is 0. The zero-order valence-electron chi connectivity index (χ0n) is 13.2. The molecule has 3 N–H and O–H groups in total. The van der Waals surface area contributed by atoms with E-state index in [2.05, 4.69) is 5.32 Å². The smallest absolute Gasteiger partial charge is 0.315 e. The number of piperidine rings is 1. The molecule has 2 amide bonds. The van der Waals surface area contributed by atoms with Crippen molar-refractivity contribution in [3.63, 3.8) is 0 Å². The SMILES string of the molecule is CNCC(CC1CCC(F)CC1)C1CCCCN1C(N)=O. The molecule has 1 heterocycles. The van der Waals surface area contributed by atoms with Gasteiger partial charge in [-0.3, -0.25) is 0 Å². The molecule has 0 radical (unpaired) electrons. The summed E-state index contributed by atoms with van der Waals surface area (Å²) in [6.07, 6.45) is 7.17. The Kier molecular flexibility index (Phi) is 6.27. The first-order valence-electron chi connectivity index (χ1n) is 8.46. The summed E-state index contributed by atoms with van der Waals surface area (Å²) in [5.74, 6) is 1.04. The molecule has 2 unspecified atom stereocenters. The predicted octanol–water partition coefficient (Wildman–Crippen LogP) is 2.67. The van der Waals surface area contributed by atoms with Crippen molar-refractivity contribution in [3.8, 4) is 0 Å². The number of nitrogens with two attached hydrogens (primary N) is 1. The molecule has 5 heteroatoms. The van der Waals surface area contributed by atoms with Crippen molar-refractivity contribution >= 4 is 6.03 Å². The van der Waals surface area contributed by atoms with Gasteiger partial charge in [0.05, 0.1) is 0 Å². The summed E-state index contributed by atoms with van der Waals surface area (Å²) in [7, 11) is 1.96. The van der Waals surface area contributed by atoms with E-state index in [0.717, 1.165) is 45.2 Å². The molecular weight excluding hydrogens is 269 g/mol. The fraction of sp³-hybridized carbons (Fsp3) is 0.938. The quantitative estimate of drug-likeness (QED) is 0.820. The molecule has 1 aliphatic heterocycles. The van der Waals surface area contributed by atoms with E-state index in [1.807, 2.05) is 11.9 Å². The van der Waals surface area contributed by atoms with Gasteiger partial charge in [-0.05, 0) is 76.8 Å². The predicted molar refractivity (Wildman–Crippen MR) is 82.8 cm³/mol. The first-order chi connectivity index (χ1) is 10.1. The number of carbonyl (C=O) groups is 1. The maximum absolute atomic E-state index is 13.3. The van der Waals surface area contributed by atoms with Gasteiger partial charge in [-0.1, -0.05) is 0 Å². The normalized spacial score (nSPS) is 31.9. The van der Waals surface area contributed by atoms with E-state index >= 15 is 0 Å². The average molecular weight is 299 g/mol. The van der Waals surface area contributed by atoms with Crippen LogP contribution in [-0.4, -0.2) is 43.3 Å². The maximum atomic E-state index is 13.3. The first kappa shape index (κ1) is 16.5. The fourth-order valence-corrected chi connectivity index (χ4v) is 4.15. The number of carbonyl (C=O) groups excluding carboxylic acids is 1. The van der Waals surface area contributed by atoms with Crippen LogP contribution in [0.2, 0.25) is 0 Å². The number of nitrogens with one attached hydrogen (secondary N) is 1. The number of halogens is 1. The van der Waals surface area contributed by atoms with Crippen molar-refractivity contribution in [3.05, 3.63) is 0 Å². The van der Waals surface area contributed by atoms with Crippen molar-refractivity contribution < 1.29 is 9.18 Å². The number of hydrogen-bond acceptors (Lipinski definition) is 2. The molecule has 1 saturated carbocycles. The zero-order valence-corrected chi connectivity index (χ0v) is 13.2. The van der Waals surface area contributed by atoms with Gasteiger partial charge in [0.15, 0.2) is 0 Å². The van der Waals surface area contributed by atoms with Crippen LogP contribution in [0.15, 0.2) is 0 Å². The van der Waals surface area contributed by atoms with Gasteiger partial charge in [-0.2, -0.15) is 0 Å². The molecule has 21 heavy (non-hydrogen) atoms. The van der Waals surface area contributed by atoms with Crippen LogP contribution in [0.25, 0.3) is 0 Å². The minimum Gasteiger partial charge on any atom is -0.351 e. The van der Waals surface area contributed by atoms with Crippen molar-refractivity contribution in [1.29, 1.82) is 0 Å². The summed E-state index contributed by atoms with van der Waals surface area (Å²) < 4.78 is 13.3. The van der Waals surface area contributed by atoms with E-state index in [-0.39, 0.29) is 12.1 Å². The van der Waals surface area contributed by atoms with Crippen LogP contribution in [0.4, 0.5) is 9.18 Å². The highest BCUT2D eigenvalue weighted by Crippen LogP contribution is 2.34. The highest BCUT2D eigenvalue weighted by Gasteiger charge is 2.33. The van der Waals surface area contributed by atoms with Gasteiger partial charge >= 0.3 is 6.03 Å². The summed E-state index contributed by atoms with van der Waals surface area (Å²) in [4.78, 5) is 13.6. The highest BCUT2D eigenvalue weighted by molar-refractivity contribution is 5.72. The van der Waals surface area contributed by atoms with Crippen molar-refractivity contribution in [1.82, 2.24) is 10.2 Å². The Balaban J connectivity index is 1.97. The van der Waals surface area contributed by atoms with Crippen molar-refractivity contribution in [2.75, 3.05) is 20.1 Å². The van der Waals surface area contributed by atoms with Gasteiger partial charge in [-0.25, -0.2) is 9.18 Å². The molecule has 0 aromatic carbocycles. The Morgan fingerprint density at radius 1 is 1.29 bits per heavy atom. The average Bonchev–Trinajstić information content (AvgIpc) is 2.49. The lowest BCUT2D eigenvalue weighted by molar-refractivity contribution is 0.102. The number of nitrogens with zero attached hydrogens (tertiary/aromatic N) is 1. The van der Waals surface area contributed by atoms with Crippen molar-refractivity contribution in [2.24, 2.45) is 17.6 Å². The third-order valence-electron chi connectivity index (χ3n) is 5.26. The Morgan fingerprint density at radius 2 is 2.00 bits per heavy atom. The Labute approximate surface area is 127 Å². The lowest BCUT2D eigenvalue weighted by atomic mass is 9.78. The second-order valence-electron chi connectivity index (χ2n) is 6.77. The second kappa shape index (κ2) is 7.97. The van der Waals surface area contributed by atoms with Crippen LogP contribution in [0.1, 0.15) is 51.4 Å². The monoisotopic (exact) mass is 299 g/mol. The molecule has 1 saturated heterocycles. The van der Waals surface area contributed by atoms with Crippen LogP contribution >= 0.6 is 0 Å². The van der Waals surface area contributed by atoms with Crippen LogP contribution in [0, 0.1) is 11.8 Å². The van der Waals surface area contributed by atoms with Crippen molar-refractivity contribution in [2.45, 2.75) is 63.6 Å². The van der Waals surface area contributed by atoms with E-state index in [1.165, 1.54) is 6.42 Å². The molecule has 2 atom stereocenters. The minimum atomic E-state index is -0.596. The third kappa shape index (κ3) is 4.56. The lowest BCUT2D eigenvalue weighted by Gasteiger charge is -2.41. The van der Waals surface area contributed by atoms with E-state index in [0.29, 0.717) is 24.7 Å². The maximum Gasteiger partial charge on any atom is 0.315 e. The summed E-state index contributed by atoms with van der Waals surface area (Å²) in [5, 5.41) is 3.27. The standard InChI is InChI=1S/C16H30FN3O/c1-19-11-13(10-12-5-7-14(17)8-6-12)15-4-2-3-9-20(15)16(18)21/h12-15,19H,2-11H2,1H3,(H2,18,21). The number of rotatable bonds is 5. The van der Waals surface area contributed by atoms with Crippen LogP contribution in [-0.2, 0) is 0 Å². The van der Waals surface area contributed by atoms with E-state index in [9.17, 15) is 9.18 Å². The minimum absolute atomic E-state index is 0.256. The number of urea groups is 1. The van der Waals surface area contributed by atoms with Gasteiger partial charge in [0.1, 0.15) is 6.17 Å². The number of hydrogen-bond donors (Lipinski definition) is 2. The van der Waals surface area contributed by atoms with Gasteiger partial charge in [0, 0.05) is 12.6 Å². The molecule has 0 aromatic rings. The summed E-state index contributed by atoms with van der Waals surface area (Å²) in [6.45, 7) is 1.70. The topological polar surface area (TPSA) is 58.4 Å². The number of alkyl halides is 1. The number of likely N-dealkylation sites (tertiary alicyclic amines) is 1. The van der Waals surface area contributed by atoms with Crippen LogP contribution in [0.3, 0.4) is 0 Å². The number of amides is 2. The molecule has 0 bridgehead atoms. The van der Waals surface area contributed by atoms with Gasteiger partial charge in [0.25, 0.3) is 0 Å². The van der Waals surface area contributed by atoms with E-state index in [1.54, 1.807) is 0 Å². The summed E-state index contributed by atoms with van der Waals surface area (Å²) in [5.41, 5.74) is 5.56. The molecule has 2 aliphatic rings. The van der Waals surface area contributed by atoms with Gasteiger partial charge in [-0.15, -0.1) is 0 Å². The molecule has 2 rings (SSSR count). The second-order valence-corrected chi connectivity index (χ2v) is 6.77. The Morgan fingerprint density at radius 3 is 2.62 bits per heavy atom. The van der Waals surface area contributed by atoms with Crippen LogP contribution in [0.5, 0.6) is 0 Å². The molecule has 0 aromatic heterocycles. The third-order valence-corrected chi connectivity index (χ3v) is 5.26. The molecule has 4 nitrogen and oxygen atoms in total.